The van der Waals surface area contributed by atoms with E-state index in [2.05, 4.69) is 20.3 Å². The van der Waals surface area contributed by atoms with Crippen molar-refractivity contribution in [2.45, 2.75) is 25.8 Å². The van der Waals surface area contributed by atoms with Crippen molar-refractivity contribution < 1.29 is 13.8 Å². The molecule has 0 saturated carbocycles. The van der Waals surface area contributed by atoms with Gasteiger partial charge in [0.05, 0.1) is 6.26 Å². The van der Waals surface area contributed by atoms with E-state index in [0.29, 0.717) is 0 Å². The van der Waals surface area contributed by atoms with Gasteiger partial charge in [-0.3, -0.25) is 4.79 Å². The first-order valence-corrected chi connectivity index (χ1v) is 5.58. The van der Waals surface area contributed by atoms with Crippen LogP contribution >= 0.6 is 0 Å². The highest BCUT2D eigenvalue weighted by atomic mass is 16.6. The Labute approximate surface area is 103 Å². The van der Waals surface area contributed by atoms with Crippen molar-refractivity contribution in [1.82, 2.24) is 15.6 Å². The van der Waals surface area contributed by atoms with Crippen LogP contribution in [0.15, 0.2) is 27.4 Å². The van der Waals surface area contributed by atoms with Gasteiger partial charge in [0.15, 0.2) is 0 Å². The van der Waals surface area contributed by atoms with Crippen LogP contribution in [-0.2, 0) is 6.42 Å². The van der Waals surface area contributed by atoms with E-state index in [0.717, 1.165) is 18.6 Å². The fourth-order valence-corrected chi connectivity index (χ4v) is 1.53. The van der Waals surface area contributed by atoms with Gasteiger partial charge in [-0.2, -0.15) is 0 Å². The largest absolute Gasteiger partial charge is 0.469 e. The van der Waals surface area contributed by atoms with Gasteiger partial charge in [-0.15, -0.1) is 0 Å². The summed E-state index contributed by atoms with van der Waals surface area (Å²) in [6.45, 7) is 1.89. The summed E-state index contributed by atoms with van der Waals surface area (Å²) in [5, 5.41) is 9.55. The maximum Gasteiger partial charge on any atom is 0.277 e. The lowest BCUT2D eigenvalue weighted by atomic mass is 10.1. The molecule has 7 heteroatoms. The standard InChI is InChI=1S/C11H14N4O3/c1-7(4-5-8-3-2-6-17-8)13-11(16)9-10(12)15-18-14-9/h2-3,6-7H,4-5H2,1H3,(H2,12,15)(H,13,16). The number of nitrogens with zero attached hydrogens (tertiary/aromatic N) is 2. The van der Waals surface area contributed by atoms with E-state index in [1.165, 1.54) is 0 Å². The summed E-state index contributed by atoms with van der Waals surface area (Å²) in [5.74, 6) is 0.491. The Morgan fingerprint density at radius 3 is 3.00 bits per heavy atom. The SMILES string of the molecule is CC(CCc1ccco1)NC(=O)c1nonc1N. The Morgan fingerprint density at radius 1 is 1.56 bits per heavy atom. The van der Waals surface area contributed by atoms with Crippen LogP contribution in [0.5, 0.6) is 0 Å². The second-order valence-electron chi connectivity index (χ2n) is 3.99. The minimum atomic E-state index is -0.388. The van der Waals surface area contributed by atoms with Crippen molar-refractivity contribution in [3.05, 3.63) is 29.9 Å². The Balaban J connectivity index is 1.82. The van der Waals surface area contributed by atoms with Crippen LogP contribution in [0.4, 0.5) is 5.82 Å². The van der Waals surface area contributed by atoms with Gasteiger partial charge in [0.2, 0.25) is 11.5 Å². The second kappa shape index (κ2) is 5.35. The molecule has 18 heavy (non-hydrogen) atoms. The normalized spacial score (nSPS) is 12.3. The molecular formula is C11H14N4O3. The van der Waals surface area contributed by atoms with Gasteiger partial charge in [-0.25, -0.2) is 4.63 Å². The lowest BCUT2D eigenvalue weighted by molar-refractivity contribution is 0.0929. The molecule has 2 aromatic rings. The predicted molar refractivity (Wildman–Crippen MR) is 62.7 cm³/mol. The number of nitrogens with one attached hydrogen (secondary N) is 1. The molecule has 0 aliphatic rings. The molecule has 96 valence electrons. The fraction of sp³-hybridized carbons (Fsp3) is 0.364. The number of nitrogens with two attached hydrogens (primary N) is 1. The number of hydrogen-bond donors (Lipinski definition) is 2. The molecular weight excluding hydrogens is 236 g/mol. The predicted octanol–water partition coefficient (Wildman–Crippen LogP) is 0.996. The molecule has 1 atom stereocenters. The summed E-state index contributed by atoms with van der Waals surface area (Å²) in [7, 11) is 0. The number of rotatable bonds is 5. The molecule has 1 unspecified atom stereocenters. The van der Waals surface area contributed by atoms with Crippen molar-refractivity contribution >= 4 is 11.7 Å². The van der Waals surface area contributed by atoms with E-state index >= 15 is 0 Å². The number of amides is 1. The first kappa shape index (κ1) is 12.2. The Kier molecular flexibility index (Phi) is 3.61. The molecule has 7 nitrogen and oxygen atoms in total. The van der Waals surface area contributed by atoms with E-state index in [9.17, 15) is 4.79 Å². The van der Waals surface area contributed by atoms with Crippen LogP contribution in [0.25, 0.3) is 0 Å². The minimum Gasteiger partial charge on any atom is -0.469 e. The number of aryl methyl sites for hydroxylation is 1. The highest BCUT2D eigenvalue weighted by Crippen LogP contribution is 2.08. The summed E-state index contributed by atoms with van der Waals surface area (Å²) >= 11 is 0. The number of carbonyl (C=O) groups is 1. The molecule has 0 aliphatic heterocycles. The maximum atomic E-state index is 11.7. The third kappa shape index (κ3) is 2.88. The smallest absolute Gasteiger partial charge is 0.277 e. The molecule has 0 aromatic carbocycles. The van der Waals surface area contributed by atoms with E-state index < -0.39 is 0 Å². The first-order chi connectivity index (χ1) is 8.66. The number of carbonyl (C=O) groups excluding carboxylic acids is 1. The minimum absolute atomic E-state index is 0.00858. The molecule has 0 saturated heterocycles. The van der Waals surface area contributed by atoms with Crippen LogP contribution in [0.3, 0.4) is 0 Å². The van der Waals surface area contributed by atoms with Crippen LogP contribution in [0, 0.1) is 0 Å². The average Bonchev–Trinajstić information content (AvgIpc) is 2.97. The molecule has 2 aromatic heterocycles. The Morgan fingerprint density at radius 2 is 2.39 bits per heavy atom. The van der Waals surface area contributed by atoms with Gasteiger partial charge < -0.3 is 15.5 Å². The Bertz CT molecular complexity index is 506. The van der Waals surface area contributed by atoms with Gasteiger partial charge in [0.1, 0.15) is 5.76 Å². The number of hydrogen-bond acceptors (Lipinski definition) is 6. The number of nitrogen functional groups attached to an aromatic ring is 1. The third-order valence-corrected chi connectivity index (χ3v) is 2.51. The molecule has 0 fully saturated rings. The van der Waals surface area contributed by atoms with E-state index in [4.69, 9.17) is 10.2 Å². The zero-order valence-electron chi connectivity index (χ0n) is 9.92. The van der Waals surface area contributed by atoms with Crippen molar-refractivity contribution in [3.8, 4) is 0 Å². The summed E-state index contributed by atoms with van der Waals surface area (Å²) in [4.78, 5) is 11.7. The number of furan rings is 1. The lowest BCUT2D eigenvalue weighted by Crippen LogP contribution is -2.33. The molecule has 3 N–H and O–H groups in total. The molecule has 0 aliphatic carbocycles. The van der Waals surface area contributed by atoms with E-state index in [1.54, 1.807) is 6.26 Å². The van der Waals surface area contributed by atoms with Crippen molar-refractivity contribution in [1.29, 1.82) is 0 Å². The Hall–Kier alpha value is -2.31. The van der Waals surface area contributed by atoms with Gasteiger partial charge in [-0.05, 0) is 35.8 Å². The summed E-state index contributed by atoms with van der Waals surface area (Å²) in [5.41, 5.74) is 5.44. The van der Waals surface area contributed by atoms with E-state index in [1.807, 2.05) is 19.1 Å². The quantitative estimate of drug-likeness (QED) is 0.819. The van der Waals surface area contributed by atoms with Crippen molar-refractivity contribution in [3.63, 3.8) is 0 Å². The third-order valence-electron chi connectivity index (χ3n) is 2.51. The zero-order chi connectivity index (χ0) is 13.0. The van der Waals surface area contributed by atoms with Gasteiger partial charge >= 0.3 is 0 Å². The highest BCUT2D eigenvalue weighted by molar-refractivity contribution is 5.96. The number of anilines is 1. The van der Waals surface area contributed by atoms with Gasteiger partial charge in [0.25, 0.3) is 5.91 Å². The fourth-order valence-electron chi connectivity index (χ4n) is 1.53. The van der Waals surface area contributed by atoms with Crippen molar-refractivity contribution in [2.75, 3.05) is 5.73 Å². The molecule has 2 rings (SSSR count). The maximum absolute atomic E-state index is 11.7. The molecule has 2 heterocycles. The molecule has 0 radical (unpaired) electrons. The number of aromatic nitrogens is 2. The summed E-state index contributed by atoms with van der Waals surface area (Å²) in [6.07, 6.45) is 3.13. The molecule has 1 amide bonds. The van der Waals surface area contributed by atoms with Crippen LogP contribution < -0.4 is 11.1 Å². The first-order valence-electron chi connectivity index (χ1n) is 5.58. The molecule has 0 bridgehead atoms. The van der Waals surface area contributed by atoms with Crippen LogP contribution in [0.1, 0.15) is 29.6 Å². The molecule has 0 spiro atoms. The van der Waals surface area contributed by atoms with Crippen LogP contribution in [-0.4, -0.2) is 22.3 Å². The average molecular weight is 250 g/mol. The summed E-state index contributed by atoms with van der Waals surface area (Å²) in [6, 6.07) is 3.70. The topological polar surface area (TPSA) is 107 Å². The zero-order valence-corrected chi connectivity index (χ0v) is 9.92. The van der Waals surface area contributed by atoms with Crippen molar-refractivity contribution in [2.24, 2.45) is 0 Å². The second-order valence-corrected chi connectivity index (χ2v) is 3.99. The monoisotopic (exact) mass is 250 g/mol. The lowest BCUT2D eigenvalue weighted by Gasteiger charge is -2.11. The summed E-state index contributed by atoms with van der Waals surface area (Å²) < 4.78 is 9.58. The van der Waals surface area contributed by atoms with Crippen LogP contribution in [0.2, 0.25) is 0 Å². The van der Waals surface area contributed by atoms with Gasteiger partial charge in [0, 0.05) is 12.5 Å². The van der Waals surface area contributed by atoms with Gasteiger partial charge in [-0.1, -0.05) is 0 Å². The van der Waals surface area contributed by atoms with E-state index in [-0.39, 0.29) is 23.5 Å². The highest BCUT2D eigenvalue weighted by Gasteiger charge is 2.17.